The van der Waals surface area contributed by atoms with Gasteiger partial charge in [0.15, 0.2) is 11.5 Å². The second-order valence-electron chi connectivity index (χ2n) is 6.14. The van der Waals surface area contributed by atoms with E-state index in [-0.39, 0.29) is 17.4 Å². The Morgan fingerprint density at radius 1 is 1.10 bits per heavy atom. The van der Waals surface area contributed by atoms with Crippen LogP contribution in [0.15, 0.2) is 54.7 Å². The predicted octanol–water partition coefficient (Wildman–Crippen LogP) is 2.02. The summed E-state index contributed by atoms with van der Waals surface area (Å²) in [7, 11) is 3.08. The fraction of sp³-hybridized carbons (Fsp3) is 0.143. The molecule has 0 fully saturated rings. The fourth-order valence-electron chi connectivity index (χ4n) is 2.77. The van der Waals surface area contributed by atoms with Crippen LogP contribution in [0.5, 0.6) is 5.75 Å². The van der Waals surface area contributed by atoms with Gasteiger partial charge in [0.05, 0.1) is 19.0 Å². The summed E-state index contributed by atoms with van der Waals surface area (Å²) in [5.74, 6) is 0.0782. The Labute approximate surface area is 168 Å². The zero-order chi connectivity index (χ0) is 20.8. The molecule has 2 amide bonds. The van der Waals surface area contributed by atoms with Crippen LogP contribution in [0.2, 0.25) is 0 Å². The van der Waals surface area contributed by atoms with Gasteiger partial charge < -0.3 is 21.1 Å². The molecule has 0 saturated carbocycles. The van der Waals surface area contributed by atoms with Crippen molar-refractivity contribution in [2.24, 2.45) is 0 Å². The molecule has 8 heteroatoms. The number of nitrogen functional groups attached to an aromatic ring is 1. The molecule has 148 valence electrons. The number of amides is 2. The monoisotopic (exact) mass is 391 g/mol. The average molecular weight is 391 g/mol. The summed E-state index contributed by atoms with van der Waals surface area (Å²) in [6.07, 6.45) is 1.47. The molecule has 3 aromatic rings. The number of anilines is 1. The molecule has 0 saturated heterocycles. The second kappa shape index (κ2) is 8.83. The Kier molecular flexibility index (Phi) is 6.03. The van der Waals surface area contributed by atoms with Gasteiger partial charge in [-0.05, 0) is 18.2 Å². The van der Waals surface area contributed by atoms with Crippen molar-refractivity contribution in [3.63, 3.8) is 0 Å². The number of rotatable bonds is 6. The Bertz CT molecular complexity index is 1050. The molecule has 0 aliphatic rings. The van der Waals surface area contributed by atoms with Gasteiger partial charge in [-0.3, -0.25) is 9.59 Å². The number of hydrogen-bond donors (Lipinski definition) is 3. The zero-order valence-corrected chi connectivity index (χ0v) is 16.1. The Hall–Kier alpha value is -3.94. The number of benzene rings is 2. The number of nitrogens with one attached hydrogen (secondary N) is 2. The lowest BCUT2D eigenvalue weighted by molar-refractivity contribution is 0.0945. The summed E-state index contributed by atoms with van der Waals surface area (Å²) in [5.41, 5.74) is 8.19. The lowest BCUT2D eigenvalue weighted by Gasteiger charge is -2.10. The van der Waals surface area contributed by atoms with E-state index in [1.54, 1.807) is 31.4 Å². The maximum absolute atomic E-state index is 12.6. The first-order valence-electron chi connectivity index (χ1n) is 8.88. The SMILES string of the molecule is CNC(=O)c1nc(-c2cccc(C(=O)NCc3ccccc3OC)c2)cnc1N. The van der Waals surface area contributed by atoms with Crippen LogP contribution in [0.3, 0.4) is 0 Å². The number of aromatic nitrogens is 2. The highest BCUT2D eigenvalue weighted by Crippen LogP contribution is 2.21. The third kappa shape index (κ3) is 4.49. The summed E-state index contributed by atoms with van der Waals surface area (Å²) < 4.78 is 5.30. The fourth-order valence-corrected chi connectivity index (χ4v) is 2.77. The molecule has 1 aromatic heterocycles. The first-order valence-corrected chi connectivity index (χ1v) is 8.88. The molecule has 4 N–H and O–H groups in total. The van der Waals surface area contributed by atoms with E-state index in [4.69, 9.17) is 10.5 Å². The predicted molar refractivity (Wildman–Crippen MR) is 109 cm³/mol. The van der Waals surface area contributed by atoms with Gasteiger partial charge in [-0.25, -0.2) is 9.97 Å². The number of nitrogens with two attached hydrogens (primary N) is 1. The van der Waals surface area contributed by atoms with Gasteiger partial charge in [0.2, 0.25) is 0 Å². The number of carbonyl (C=O) groups is 2. The summed E-state index contributed by atoms with van der Waals surface area (Å²) in [6.45, 7) is 0.329. The quantitative estimate of drug-likeness (QED) is 0.591. The molecular formula is C21H21N5O3. The highest BCUT2D eigenvalue weighted by molar-refractivity contribution is 5.97. The average Bonchev–Trinajstić information content (AvgIpc) is 2.77. The molecule has 0 aliphatic carbocycles. The lowest BCUT2D eigenvalue weighted by Crippen LogP contribution is -2.23. The van der Waals surface area contributed by atoms with Gasteiger partial charge in [-0.1, -0.05) is 30.3 Å². The number of methoxy groups -OCH3 is 1. The molecule has 0 spiro atoms. The van der Waals surface area contributed by atoms with Gasteiger partial charge in [-0.15, -0.1) is 0 Å². The molecule has 2 aromatic carbocycles. The summed E-state index contributed by atoms with van der Waals surface area (Å²) >= 11 is 0. The molecule has 3 rings (SSSR count). The molecule has 0 radical (unpaired) electrons. The summed E-state index contributed by atoms with van der Waals surface area (Å²) in [6, 6.07) is 14.4. The van der Waals surface area contributed by atoms with Gasteiger partial charge in [-0.2, -0.15) is 0 Å². The molecule has 0 bridgehead atoms. The van der Waals surface area contributed by atoms with E-state index in [0.29, 0.717) is 29.1 Å². The van der Waals surface area contributed by atoms with E-state index in [2.05, 4.69) is 20.6 Å². The van der Waals surface area contributed by atoms with Crippen molar-refractivity contribution in [3.8, 4) is 17.0 Å². The Morgan fingerprint density at radius 3 is 2.66 bits per heavy atom. The summed E-state index contributed by atoms with van der Waals surface area (Å²) in [5, 5.41) is 5.35. The molecule has 0 atom stereocenters. The van der Waals surface area contributed by atoms with E-state index in [9.17, 15) is 9.59 Å². The van der Waals surface area contributed by atoms with Crippen molar-refractivity contribution >= 4 is 17.6 Å². The van der Waals surface area contributed by atoms with Crippen molar-refractivity contribution in [1.82, 2.24) is 20.6 Å². The van der Waals surface area contributed by atoms with Gasteiger partial charge in [0, 0.05) is 30.3 Å². The second-order valence-corrected chi connectivity index (χ2v) is 6.14. The minimum atomic E-state index is -0.428. The first-order chi connectivity index (χ1) is 14.0. The van der Waals surface area contributed by atoms with Crippen LogP contribution in [-0.4, -0.2) is 35.9 Å². The summed E-state index contributed by atoms with van der Waals surface area (Å²) in [4.78, 5) is 32.8. The molecule has 29 heavy (non-hydrogen) atoms. The van der Waals surface area contributed by atoms with E-state index in [1.807, 2.05) is 24.3 Å². The smallest absolute Gasteiger partial charge is 0.273 e. The lowest BCUT2D eigenvalue weighted by atomic mass is 10.1. The van der Waals surface area contributed by atoms with Crippen LogP contribution in [0, 0.1) is 0 Å². The van der Waals surface area contributed by atoms with Gasteiger partial charge >= 0.3 is 0 Å². The Morgan fingerprint density at radius 2 is 1.90 bits per heavy atom. The topological polar surface area (TPSA) is 119 Å². The van der Waals surface area contributed by atoms with Crippen molar-refractivity contribution in [2.45, 2.75) is 6.54 Å². The highest BCUT2D eigenvalue weighted by atomic mass is 16.5. The first kappa shape index (κ1) is 19.8. The number of nitrogens with zero attached hydrogens (tertiary/aromatic N) is 2. The van der Waals surface area contributed by atoms with Crippen molar-refractivity contribution in [2.75, 3.05) is 19.9 Å². The number of hydrogen-bond acceptors (Lipinski definition) is 6. The third-order valence-electron chi connectivity index (χ3n) is 4.30. The highest BCUT2D eigenvalue weighted by Gasteiger charge is 2.14. The normalized spacial score (nSPS) is 10.3. The van der Waals surface area contributed by atoms with E-state index < -0.39 is 5.91 Å². The molecule has 0 unspecified atom stereocenters. The van der Waals surface area contributed by atoms with Gasteiger partial charge in [0.25, 0.3) is 11.8 Å². The minimum absolute atomic E-state index is 0.0380. The van der Waals surface area contributed by atoms with E-state index in [0.717, 1.165) is 5.56 Å². The van der Waals surface area contributed by atoms with E-state index in [1.165, 1.54) is 13.2 Å². The largest absolute Gasteiger partial charge is 0.496 e. The van der Waals surface area contributed by atoms with Crippen LogP contribution in [0.25, 0.3) is 11.3 Å². The zero-order valence-electron chi connectivity index (χ0n) is 16.1. The number of para-hydroxylation sites is 1. The molecule has 0 aliphatic heterocycles. The Balaban J connectivity index is 1.81. The molecule has 1 heterocycles. The van der Waals surface area contributed by atoms with Crippen LogP contribution < -0.4 is 21.1 Å². The number of ether oxygens (including phenoxy) is 1. The van der Waals surface area contributed by atoms with Crippen LogP contribution >= 0.6 is 0 Å². The minimum Gasteiger partial charge on any atom is -0.496 e. The van der Waals surface area contributed by atoms with Crippen LogP contribution in [-0.2, 0) is 6.54 Å². The molecular weight excluding hydrogens is 370 g/mol. The van der Waals surface area contributed by atoms with Gasteiger partial charge in [0.1, 0.15) is 5.75 Å². The molecule has 8 nitrogen and oxygen atoms in total. The maximum atomic E-state index is 12.6. The van der Waals surface area contributed by atoms with Crippen molar-refractivity contribution in [1.29, 1.82) is 0 Å². The third-order valence-corrected chi connectivity index (χ3v) is 4.30. The maximum Gasteiger partial charge on any atom is 0.273 e. The standard InChI is InChI=1S/C21H21N5O3/c1-23-21(28)18-19(22)24-12-16(26-18)13-7-5-8-14(10-13)20(27)25-11-15-6-3-4-9-17(15)29-2/h3-10,12H,11H2,1-2H3,(H2,22,24)(H,23,28)(H,25,27). The van der Waals surface area contributed by atoms with E-state index >= 15 is 0 Å². The van der Waals surface area contributed by atoms with Crippen molar-refractivity contribution in [3.05, 3.63) is 71.5 Å². The number of carbonyl (C=O) groups excluding carboxylic acids is 2. The van der Waals surface area contributed by atoms with Crippen molar-refractivity contribution < 1.29 is 14.3 Å². The van der Waals surface area contributed by atoms with Crippen LogP contribution in [0.4, 0.5) is 5.82 Å². The van der Waals surface area contributed by atoms with Crippen LogP contribution in [0.1, 0.15) is 26.4 Å².